The predicted octanol–water partition coefficient (Wildman–Crippen LogP) is 4.17. The zero-order valence-corrected chi connectivity index (χ0v) is 17.0. The Morgan fingerprint density at radius 1 is 1.07 bits per heavy atom. The summed E-state index contributed by atoms with van der Waals surface area (Å²) in [4.78, 5) is 7.20. The molecule has 2 aromatic carbocycles. The minimum Gasteiger partial charge on any atom is -0.497 e. The molecule has 1 aromatic heterocycles. The van der Waals surface area contributed by atoms with E-state index >= 15 is 0 Å². The Labute approximate surface area is 172 Å². The van der Waals surface area contributed by atoms with Gasteiger partial charge in [-0.1, -0.05) is 24.6 Å². The summed E-state index contributed by atoms with van der Waals surface area (Å²) >= 11 is 0. The first kappa shape index (κ1) is 19.7. The van der Waals surface area contributed by atoms with Gasteiger partial charge in [-0.15, -0.1) is 0 Å². The van der Waals surface area contributed by atoms with Crippen LogP contribution < -0.4 is 10.1 Å². The standard InChI is InChI=1S/C24H29N3O2/c1-29-20-11-9-18(10-12-20)23-15-24(21-7-3-4-8-22(21)26-23)25-16-19(28)17-27-13-5-2-6-14-27/h3-4,7-12,15,19,28H,2,5-6,13-14,16-17H2,1H3,(H,25,26). The van der Waals surface area contributed by atoms with Crippen LogP contribution in [0.1, 0.15) is 19.3 Å². The lowest BCUT2D eigenvalue weighted by atomic mass is 10.1. The largest absolute Gasteiger partial charge is 0.497 e. The van der Waals surface area contributed by atoms with Crippen molar-refractivity contribution in [3.63, 3.8) is 0 Å². The molecule has 0 saturated carbocycles. The van der Waals surface area contributed by atoms with Crippen LogP contribution in [0, 0.1) is 0 Å². The molecule has 5 nitrogen and oxygen atoms in total. The molecular weight excluding hydrogens is 362 g/mol. The average Bonchev–Trinajstić information content (AvgIpc) is 2.78. The number of β-amino-alcohol motifs (C(OH)–C–C–N with tert-alkyl or cyclic N) is 1. The molecule has 0 radical (unpaired) electrons. The van der Waals surface area contributed by atoms with Crippen molar-refractivity contribution in [3.8, 4) is 17.0 Å². The molecular formula is C24H29N3O2. The fraction of sp³-hybridized carbons (Fsp3) is 0.375. The Bertz CT molecular complexity index is 937. The molecule has 1 saturated heterocycles. The Morgan fingerprint density at radius 2 is 1.83 bits per heavy atom. The molecule has 3 aromatic rings. The lowest BCUT2D eigenvalue weighted by molar-refractivity contribution is 0.110. The van der Waals surface area contributed by atoms with Gasteiger partial charge in [0, 0.05) is 29.7 Å². The van der Waals surface area contributed by atoms with Crippen LogP contribution in [0.2, 0.25) is 0 Å². The zero-order valence-electron chi connectivity index (χ0n) is 17.0. The van der Waals surface area contributed by atoms with E-state index in [2.05, 4.69) is 22.3 Å². The van der Waals surface area contributed by atoms with Gasteiger partial charge in [-0.2, -0.15) is 0 Å². The number of para-hydroxylation sites is 1. The van der Waals surface area contributed by atoms with Crippen LogP contribution in [0.25, 0.3) is 22.2 Å². The minimum atomic E-state index is -0.399. The van der Waals surface area contributed by atoms with Gasteiger partial charge in [0.25, 0.3) is 0 Å². The van der Waals surface area contributed by atoms with E-state index in [9.17, 15) is 5.11 Å². The van der Waals surface area contributed by atoms with Crippen molar-refractivity contribution in [3.05, 3.63) is 54.6 Å². The number of rotatable bonds is 7. The number of aliphatic hydroxyl groups is 1. The number of methoxy groups -OCH3 is 1. The number of likely N-dealkylation sites (tertiary alicyclic amines) is 1. The summed E-state index contributed by atoms with van der Waals surface area (Å²) in [5, 5.41) is 15.1. The maximum Gasteiger partial charge on any atom is 0.118 e. The molecule has 2 N–H and O–H groups in total. The fourth-order valence-electron chi connectivity index (χ4n) is 3.96. The summed E-state index contributed by atoms with van der Waals surface area (Å²) < 4.78 is 5.26. The summed E-state index contributed by atoms with van der Waals surface area (Å²) in [5.74, 6) is 0.828. The number of ether oxygens (including phenoxy) is 1. The molecule has 1 aliphatic rings. The second kappa shape index (κ2) is 9.25. The zero-order chi connectivity index (χ0) is 20.1. The highest BCUT2D eigenvalue weighted by Crippen LogP contribution is 2.29. The monoisotopic (exact) mass is 391 g/mol. The molecule has 152 valence electrons. The Balaban J connectivity index is 1.53. The van der Waals surface area contributed by atoms with E-state index in [-0.39, 0.29) is 0 Å². The Hall–Kier alpha value is -2.63. The van der Waals surface area contributed by atoms with Crippen LogP contribution in [0.4, 0.5) is 5.69 Å². The van der Waals surface area contributed by atoms with Gasteiger partial charge >= 0.3 is 0 Å². The highest BCUT2D eigenvalue weighted by atomic mass is 16.5. The Morgan fingerprint density at radius 3 is 2.59 bits per heavy atom. The van der Waals surface area contributed by atoms with Crippen molar-refractivity contribution >= 4 is 16.6 Å². The predicted molar refractivity (Wildman–Crippen MR) is 119 cm³/mol. The Kier molecular flexibility index (Phi) is 6.27. The number of piperidine rings is 1. The maximum absolute atomic E-state index is 10.5. The first-order valence-electron chi connectivity index (χ1n) is 10.4. The van der Waals surface area contributed by atoms with Gasteiger partial charge in [0.05, 0.1) is 24.4 Å². The van der Waals surface area contributed by atoms with Gasteiger partial charge in [0.15, 0.2) is 0 Å². The number of hydrogen-bond donors (Lipinski definition) is 2. The van der Waals surface area contributed by atoms with Crippen molar-refractivity contribution in [2.75, 3.05) is 38.6 Å². The molecule has 0 aliphatic carbocycles. The summed E-state index contributed by atoms with van der Waals surface area (Å²) in [6.45, 7) is 3.43. The number of benzene rings is 2. The summed E-state index contributed by atoms with van der Waals surface area (Å²) in [6, 6.07) is 18.1. The van der Waals surface area contributed by atoms with E-state index in [1.165, 1.54) is 19.3 Å². The van der Waals surface area contributed by atoms with E-state index in [1.54, 1.807) is 7.11 Å². The first-order valence-corrected chi connectivity index (χ1v) is 10.4. The van der Waals surface area contributed by atoms with Crippen molar-refractivity contribution in [1.82, 2.24) is 9.88 Å². The third-order valence-corrected chi connectivity index (χ3v) is 5.55. The molecule has 29 heavy (non-hydrogen) atoms. The maximum atomic E-state index is 10.5. The third-order valence-electron chi connectivity index (χ3n) is 5.55. The number of nitrogens with one attached hydrogen (secondary N) is 1. The van der Waals surface area contributed by atoms with Crippen LogP contribution in [0.5, 0.6) is 5.75 Å². The van der Waals surface area contributed by atoms with Gasteiger partial charge in [0.1, 0.15) is 5.75 Å². The van der Waals surface area contributed by atoms with Gasteiger partial charge in [-0.25, -0.2) is 4.98 Å². The highest BCUT2D eigenvalue weighted by Gasteiger charge is 2.15. The van der Waals surface area contributed by atoms with Crippen molar-refractivity contribution in [2.45, 2.75) is 25.4 Å². The van der Waals surface area contributed by atoms with Crippen LogP contribution >= 0.6 is 0 Å². The average molecular weight is 392 g/mol. The second-order valence-electron chi connectivity index (χ2n) is 7.70. The number of fused-ring (bicyclic) bond motifs is 1. The molecule has 0 amide bonds. The van der Waals surface area contributed by atoms with Gasteiger partial charge in [-0.05, 0) is 62.3 Å². The first-order chi connectivity index (χ1) is 14.2. The summed E-state index contributed by atoms with van der Waals surface area (Å²) in [7, 11) is 1.67. The molecule has 2 heterocycles. The second-order valence-corrected chi connectivity index (χ2v) is 7.70. The minimum absolute atomic E-state index is 0.399. The molecule has 1 aliphatic heterocycles. The number of anilines is 1. The SMILES string of the molecule is COc1ccc(-c2cc(NCC(O)CN3CCCCC3)c3ccccc3n2)cc1. The molecule has 1 unspecified atom stereocenters. The normalized spacial score (nSPS) is 15.9. The fourth-order valence-corrected chi connectivity index (χ4v) is 3.96. The third kappa shape index (κ3) is 4.86. The lowest BCUT2D eigenvalue weighted by Crippen LogP contribution is -2.39. The van der Waals surface area contributed by atoms with Gasteiger partial charge < -0.3 is 20.1 Å². The number of aromatic nitrogens is 1. The number of aliphatic hydroxyl groups excluding tert-OH is 1. The van der Waals surface area contributed by atoms with E-state index in [0.717, 1.165) is 53.2 Å². The number of hydrogen-bond acceptors (Lipinski definition) is 5. The quantitative estimate of drug-likeness (QED) is 0.633. The number of pyridine rings is 1. The molecule has 4 rings (SSSR count). The molecule has 0 bridgehead atoms. The van der Waals surface area contributed by atoms with Gasteiger partial charge in [-0.3, -0.25) is 0 Å². The molecule has 1 fully saturated rings. The van der Waals surface area contributed by atoms with E-state index in [1.807, 2.05) is 42.5 Å². The topological polar surface area (TPSA) is 57.6 Å². The van der Waals surface area contributed by atoms with E-state index in [4.69, 9.17) is 9.72 Å². The van der Waals surface area contributed by atoms with Crippen molar-refractivity contribution in [1.29, 1.82) is 0 Å². The molecule has 1 atom stereocenters. The van der Waals surface area contributed by atoms with Crippen molar-refractivity contribution < 1.29 is 9.84 Å². The van der Waals surface area contributed by atoms with Crippen LogP contribution in [0.15, 0.2) is 54.6 Å². The number of nitrogens with zero attached hydrogens (tertiary/aromatic N) is 2. The highest BCUT2D eigenvalue weighted by molar-refractivity contribution is 5.93. The molecule has 0 spiro atoms. The van der Waals surface area contributed by atoms with E-state index in [0.29, 0.717) is 6.54 Å². The van der Waals surface area contributed by atoms with E-state index < -0.39 is 6.10 Å². The van der Waals surface area contributed by atoms with Crippen LogP contribution in [-0.2, 0) is 0 Å². The summed E-state index contributed by atoms with van der Waals surface area (Å²) in [5.41, 5.74) is 3.88. The molecule has 5 heteroatoms. The van der Waals surface area contributed by atoms with Crippen molar-refractivity contribution in [2.24, 2.45) is 0 Å². The van der Waals surface area contributed by atoms with Crippen LogP contribution in [-0.4, -0.2) is 54.4 Å². The van der Waals surface area contributed by atoms with Gasteiger partial charge in [0.2, 0.25) is 0 Å². The smallest absolute Gasteiger partial charge is 0.118 e. The van der Waals surface area contributed by atoms with Crippen LogP contribution in [0.3, 0.4) is 0 Å². The summed E-state index contributed by atoms with van der Waals surface area (Å²) in [6.07, 6.45) is 3.38. The lowest BCUT2D eigenvalue weighted by Gasteiger charge is -2.28.